The van der Waals surface area contributed by atoms with Crippen LogP contribution in [0.25, 0.3) is 0 Å². The fourth-order valence-corrected chi connectivity index (χ4v) is 11.3. The molecule has 4 saturated carbocycles. The van der Waals surface area contributed by atoms with Crippen LogP contribution in [0.4, 0.5) is 0 Å². The number of esters is 1. The largest absolute Gasteiger partial charge is 0.460 e. The number of carbonyl (C=O) groups is 2. The Morgan fingerprint density at radius 2 is 1.59 bits per heavy atom. The molecule has 1 unspecified atom stereocenters. The number of nitrogens with two attached hydrogens (primary N) is 1. The predicted octanol–water partition coefficient (Wildman–Crippen LogP) is 8.04. The Morgan fingerprint density at radius 1 is 0.902 bits per heavy atom. The molecule has 4 heteroatoms. The smallest absolute Gasteiger partial charge is 0.312 e. The van der Waals surface area contributed by atoms with Gasteiger partial charge in [0.2, 0.25) is 0 Å². The number of ketones is 1. The van der Waals surface area contributed by atoms with Crippen molar-refractivity contribution in [2.24, 2.45) is 56.0 Å². The van der Waals surface area contributed by atoms with Gasteiger partial charge < -0.3 is 10.5 Å². The van der Waals surface area contributed by atoms with Crippen LogP contribution in [0.3, 0.4) is 0 Å². The van der Waals surface area contributed by atoms with E-state index >= 15 is 0 Å². The van der Waals surface area contributed by atoms with E-state index in [9.17, 15) is 9.59 Å². The molecule has 6 rings (SSSR count). The highest BCUT2D eigenvalue weighted by atomic mass is 16.5. The average molecular weight is 560 g/mol. The lowest BCUT2D eigenvalue weighted by molar-refractivity contribution is -0.188. The normalized spacial score (nSPS) is 46.7. The summed E-state index contributed by atoms with van der Waals surface area (Å²) in [4.78, 5) is 28.2. The van der Waals surface area contributed by atoms with Gasteiger partial charge in [0.05, 0.1) is 5.41 Å². The summed E-state index contributed by atoms with van der Waals surface area (Å²) in [5, 5.41) is 0. The van der Waals surface area contributed by atoms with Gasteiger partial charge in [0.15, 0.2) is 5.78 Å². The molecule has 0 heterocycles. The average Bonchev–Trinajstić information content (AvgIpc) is 2.92. The third kappa shape index (κ3) is 4.01. The molecule has 9 atom stereocenters. The van der Waals surface area contributed by atoms with Crippen molar-refractivity contribution in [3.05, 3.63) is 47.5 Å². The van der Waals surface area contributed by atoms with Gasteiger partial charge in [0.25, 0.3) is 0 Å². The Balaban J connectivity index is 1.34. The molecule has 0 aromatic heterocycles. The summed E-state index contributed by atoms with van der Waals surface area (Å²) in [5.41, 5.74) is 8.54. The van der Waals surface area contributed by atoms with E-state index in [0.29, 0.717) is 18.3 Å². The quantitative estimate of drug-likeness (QED) is 0.381. The van der Waals surface area contributed by atoms with Crippen molar-refractivity contribution >= 4 is 11.8 Å². The maximum atomic E-state index is 14.5. The number of allylic oxidation sites excluding steroid dienone is 2. The second-order valence-corrected chi connectivity index (χ2v) is 16.8. The summed E-state index contributed by atoms with van der Waals surface area (Å²) in [5.74, 6) is 0.987. The number of ether oxygens (including phenoxy) is 1. The number of hydrogen-bond donors (Lipinski definition) is 1. The van der Waals surface area contributed by atoms with Crippen LogP contribution in [-0.4, -0.2) is 17.8 Å². The molecule has 4 fully saturated rings. The molecule has 5 aliphatic rings. The van der Waals surface area contributed by atoms with Crippen molar-refractivity contribution in [2.45, 2.75) is 119 Å². The summed E-state index contributed by atoms with van der Waals surface area (Å²) in [6, 6.07) is 10.2. The Hall–Kier alpha value is -1.94. The zero-order chi connectivity index (χ0) is 29.6. The third-order valence-electron chi connectivity index (χ3n) is 14.4. The van der Waals surface area contributed by atoms with Gasteiger partial charge >= 0.3 is 5.97 Å². The van der Waals surface area contributed by atoms with E-state index in [2.05, 4.69) is 54.5 Å². The van der Waals surface area contributed by atoms with Crippen molar-refractivity contribution in [1.29, 1.82) is 0 Å². The molecule has 2 N–H and O–H groups in total. The first-order chi connectivity index (χ1) is 19.1. The zero-order valence-corrected chi connectivity index (χ0v) is 26.6. The summed E-state index contributed by atoms with van der Waals surface area (Å²) < 4.78 is 5.94. The van der Waals surface area contributed by atoms with Crippen LogP contribution in [0.5, 0.6) is 0 Å². The first-order valence-corrected chi connectivity index (χ1v) is 16.3. The maximum absolute atomic E-state index is 14.5. The summed E-state index contributed by atoms with van der Waals surface area (Å²) in [6.45, 7) is 16.9. The van der Waals surface area contributed by atoms with Crippen molar-refractivity contribution in [1.82, 2.24) is 0 Å². The molecule has 1 aromatic rings. The summed E-state index contributed by atoms with van der Waals surface area (Å²) >= 11 is 0. The summed E-state index contributed by atoms with van der Waals surface area (Å²) in [6.07, 6.45) is 11.3. The topological polar surface area (TPSA) is 69.4 Å². The van der Waals surface area contributed by atoms with Crippen LogP contribution in [0, 0.1) is 50.2 Å². The minimum Gasteiger partial charge on any atom is -0.460 e. The molecule has 1 aromatic carbocycles. The number of rotatable bonds is 3. The minimum absolute atomic E-state index is 0.0302. The van der Waals surface area contributed by atoms with E-state index in [0.717, 1.165) is 63.4 Å². The zero-order valence-electron chi connectivity index (χ0n) is 26.6. The predicted molar refractivity (Wildman–Crippen MR) is 164 cm³/mol. The lowest BCUT2D eigenvalue weighted by atomic mass is 9.33. The van der Waals surface area contributed by atoms with Crippen LogP contribution in [-0.2, 0) is 20.9 Å². The Bertz CT molecular complexity index is 1270. The van der Waals surface area contributed by atoms with Crippen molar-refractivity contribution in [2.75, 3.05) is 0 Å². The summed E-state index contributed by atoms with van der Waals surface area (Å²) in [7, 11) is 0. The van der Waals surface area contributed by atoms with Gasteiger partial charge in [-0.25, -0.2) is 0 Å². The molecule has 224 valence electrons. The highest BCUT2D eigenvalue weighted by molar-refractivity contribution is 5.95. The second-order valence-electron chi connectivity index (χ2n) is 16.8. The van der Waals surface area contributed by atoms with E-state index < -0.39 is 5.41 Å². The number of fused-ring (bicyclic) bond motifs is 7. The maximum Gasteiger partial charge on any atom is 0.312 e. The highest BCUT2D eigenvalue weighted by Crippen LogP contribution is 2.75. The van der Waals surface area contributed by atoms with E-state index in [-0.39, 0.29) is 50.9 Å². The van der Waals surface area contributed by atoms with E-state index in [4.69, 9.17) is 10.5 Å². The van der Waals surface area contributed by atoms with Crippen molar-refractivity contribution in [3.63, 3.8) is 0 Å². The fraction of sp³-hybridized carbons (Fsp3) is 0.730. The van der Waals surface area contributed by atoms with Gasteiger partial charge in [-0.3, -0.25) is 9.59 Å². The lowest BCUT2D eigenvalue weighted by Gasteiger charge is -2.70. The van der Waals surface area contributed by atoms with Crippen LogP contribution in [0.2, 0.25) is 0 Å². The first-order valence-electron chi connectivity index (χ1n) is 16.3. The van der Waals surface area contributed by atoms with Gasteiger partial charge in [-0.05, 0) is 115 Å². The van der Waals surface area contributed by atoms with Gasteiger partial charge in [0.1, 0.15) is 6.61 Å². The Morgan fingerprint density at radius 3 is 2.29 bits per heavy atom. The Labute approximate surface area is 248 Å². The van der Waals surface area contributed by atoms with E-state index in [1.807, 2.05) is 30.3 Å². The van der Waals surface area contributed by atoms with Crippen LogP contribution in [0.15, 0.2) is 42.0 Å². The van der Waals surface area contributed by atoms with Gasteiger partial charge in [-0.1, -0.05) is 77.4 Å². The van der Waals surface area contributed by atoms with E-state index in [1.165, 1.54) is 5.57 Å². The first kappa shape index (κ1) is 29.1. The molecule has 0 bridgehead atoms. The van der Waals surface area contributed by atoms with Crippen LogP contribution < -0.4 is 5.73 Å². The molecule has 0 saturated heterocycles. The molecule has 0 spiro atoms. The lowest BCUT2D eigenvalue weighted by Crippen LogP contribution is -2.67. The van der Waals surface area contributed by atoms with E-state index in [1.54, 1.807) is 0 Å². The molecule has 0 radical (unpaired) electrons. The second kappa shape index (κ2) is 9.28. The molecule has 4 nitrogen and oxygen atoms in total. The molecule has 0 amide bonds. The molecule has 5 aliphatic carbocycles. The molecule has 0 aliphatic heterocycles. The van der Waals surface area contributed by atoms with Crippen molar-refractivity contribution < 1.29 is 14.3 Å². The molecular formula is C37H53NO3. The number of hydrogen-bond acceptors (Lipinski definition) is 4. The molecular weight excluding hydrogens is 506 g/mol. The molecule has 41 heavy (non-hydrogen) atoms. The minimum atomic E-state index is -0.536. The highest BCUT2D eigenvalue weighted by Gasteiger charge is 2.70. The standard InChI is InChI=1S/C37H53NO3/c1-32(2)28-13-16-37(7)30(35(28,5)15-14-29(32)38)27(39)21-25-26-22-34(4,18-17-33(26,3)19-20-36(25,37)6)31(40)41-23-24-11-9-8-10-12-24/h8-12,21,26,28-30H,13-20,22-23,38H2,1-7H3/t26-,28?,29-,30+,33+,34-,35-,36+,37+/m0/s1. The number of benzene rings is 1. The number of carbonyl (C=O) groups excluding carboxylic acids is 2. The van der Waals surface area contributed by atoms with Crippen LogP contribution in [0.1, 0.15) is 112 Å². The SMILES string of the molecule is CC1(C)C2CC[C@]3(C)[C@H](C(=O)C=C4[C@@H]5C[C@@](C)(C(=O)OCc6ccccc6)CC[C@]5(C)CC[C@]43C)[C@@]2(C)CC[C@@H]1N. The van der Waals surface area contributed by atoms with Crippen LogP contribution >= 0.6 is 0 Å². The Kier molecular flexibility index (Phi) is 6.60. The van der Waals surface area contributed by atoms with Gasteiger partial charge in [-0.15, -0.1) is 0 Å². The van der Waals surface area contributed by atoms with Gasteiger partial charge in [-0.2, -0.15) is 0 Å². The van der Waals surface area contributed by atoms with Gasteiger partial charge in [0, 0.05) is 12.0 Å². The third-order valence-corrected chi connectivity index (χ3v) is 14.4. The monoisotopic (exact) mass is 559 g/mol. The van der Waals surface area contributed by atoms with Crippen molar-refractivity contribution in [3.8, 4) is 0 Å². The fourth-order valence-electron chi connectivity index (χ4n) is 11.3.